The molecule has 0 atom stereocenters. The fourth-order valence-electron chi connectivity index (χ4n) is 1.44. The van der Waals surface area contributed by atoms with E-state index in [1.807, 2.05) is 0 Å². The summed E-state index contributed by atoms with van der Waals surface area (Å²) < 4.78 is 13.3. The monoisotopic (exact) mass is 215 g/mol. The van der Waals surface area contributed by atoms with Gasteiger partial charge in [-0.25, -0.2) is 4.39 Å². The minimum absolute atomic E-state index is 0.172. The van der Waals surface area contributed by atoms with Crippen molar-refractivity contribution in [3.63, 3.8) is 0 Å². The van der Waals surface area contributed by atoms with Crippen LogP contribution in [0.1, 0.15) is 18.4 Å². The minimum Gasteiger partial charge on any atom is -0.506 e. The molecule has 0 aromatic heterocycles. The molecule has 14 heavy (non-hydrogen) atoms. The Morgan fingerprint density at radius 3 is 2.71 bits per heavy atom. The van der Waals surface area contributed by atoms with Gasteiger partial charge in [0, 0.05) is 11.1 Å². The second-order valence-corrected chi connectivity index (χ2v) is 4.30. The van der Waals surface area contributed by atoms with Crippen molar-refractivity contribution in [1.29, 1.82) is 0 Å². The molecule has 1 aliphatic carbocycles. The molecular formula is C10H11ClFNO. The van der Waals surface area contributed by atoms with Crippen LogP contribution in [-0.2, 0) is 6.42 Å². The highest BCUT2D eigenvalue weighted by Gasteiger charge is 2.39. The molecule has 0 saturated heterocycles. The maximum atomic E-state index is 13.3. The van der Waals surface area contributed by atoms with Gasteiger partial charge in [-0.2, -0.15) is 0 Å². The number of hydrogen-bond donors (Lipinski definition) is 2. The molecule has 0 spiro atoms. The van der Waals surface area contributed by atoms with Crippen LogP contribution in [0.15, 0.2) is 12.1 Å². The molecule has 0 aliphatic heterocycles. The summed E-state index contributed by atoms with van der Waals surface area (Å²) in [7, 11) is 0. The van der Waals surface area contributed by atoms with Gasteiger partial charge < -0.3 is 10.8 Å². The van der Waals surface area contributed by atoms with Gasteiger partial charge >= 0.3 is 0 Å². The standard InChI is InChI=1S/C10H11ClFNO/c11-7-1-2-8(12)6(9(7)14)5-10(13)3-4-10/h1-2,14H,3-5,13H2. The summed E-state index contributed by atoms with van der Waals surface area (Å²) in [6.07, 6.45) is 2.10. The predicted molar refractivity (Wildman–Crippen MR) is 52.9 cm³/mol. The van der Waals surface area contributed by atoms with Crippen LogP contribution in [0.3, 0.4) is 0 Å². The number of hydrogen-bond acceptors (Lipinski definition) is 2. The average molecular weight is 216 g/mol. The SMILES string of the molecule is NC1(Cc2c(F)ccc(Cl)c2O)CC1. The Hall–Kier alpha value is -0.800. The fraction of sp³-hybridized carbons (Fsp3) is 0.400. The molecule has 1 aromatic rings. The molecule has 0 unspecified atom stereocenters. The Morgan fingerprint density at radius 1 is 1.50 bits per heavy atom. The van der Waals surface area contributed by atoms with E-state index < -0.39 is 5.82 Å². The first-order valence-corrected chi connectivity index (χ1v) is 4.84. The van der Waals surface area contributed by atoms with Gasteiger partial charge in [-0.1, -0.05) is 11.6 Å². The van der Waals surface area contributed by atoms with Gasteiger partial charge in [0.1, 0.15) is 11.6 Å². The molecule has 3 N–H and O–H groups in total. The summed E-state index contributed by atoms with van der Waals surface area (Å²) in [5, 5.41) is 9.71. The summed E-state index contributed by atoms with van der Waals surface area (Å²) in [5.74, 6) is -0.619. The van der Waals surface area contributed by atoms with Crippen LogP contribution in [-0.4, -0.2) is 10.6 Å². The summed E-state index contributed by atoms with van der Waals surface area (Å²) >= 11 is 5.68. The highest BCUT2D eigenvalue weighted by molar-refractivity contribution is 6.32. The van der Waals surface area contributed by atoms with Crippen molar-refractivity contribution in [3.8, 4) is 5.75 Å². The van der Waals surface area contributed by atoms with Crippen LogP contribution in [0, 0.1) is 5.82 Å². The molecule has 4 heteroatoms. The second kappa shape index (κ2) is 3.11. The maximum Gasteiger partial charge on any atom is 0.140 e. The Bertz CT molecular complexity index is 377. The van der Waals surface area contributed by atoms with Crippen LogP contribution in [0.25, 0.3) is 0 Å². The second-order valence-electron chi connectivity index (χ2n) is 3.90. The van der Waals surface area contributed by atoms with E-state index in [1.54, 1.807) is 0 Å². The van der Waals surface area contributed by atoms with E-state index in [-0.39, 0.29) is 21.9 Å². The zero-order valence-corrected chi connectivity index (χ0v) is 8.31. The smallest absolute Gasteiger partial charge is 0.140 e. The Balaban J connectivity index is 2.35. The van der Waals surface area contributed by atoms with E-state index in [4.69, 9.17) is 17.3 Å². The van der Waals surface area contributed by atoms with Crippen LogP contribution in [0.4, 0.5) is 4.39 Å². The van der Waals surface area contributed by atoms with Crippen molar-refractivity contribution in [2.75, 3.05) is 0 Å². The molecule has 1 fully saturated rings. The highest BCUT2D eigenvalue weighted by Crippen LogP contribution is 2.40. The van der Waals surface area contributed by atoms with Crippen molar-refractivity contribution in [2.45, 2.75) is 24.8 Å². The van der Waals surface area contributed by atoms with Gasteiger partial charge in [-0.15, -0.1) is 0 Å². The van der Waals surface area contributed by atoms with Crippen LogP contribution in [0.2, 0.25) is 5.02 Å². The van der Waals surface area contributed by atoms with E-state index in [1.165, 1.54) is 12.1 Å². The molecule has 1 aromatic carbocycles. The lowest BCUT2D eigenvalue weighted by atomic mass is 10.0. The van der Waals surface area contributed by atoms with E-state index >= 15 is 0 Å². The molecule has 0 bridgehead atoms. The Kier molecular flexibility index (Phi) is 2.16. The quantitative estimate of drug-likeness (QED) is 0.795. The molecule has 0 heterocycles. The van der Waals surface area contributed by atoms with E-state index in [0.717, 1.165) is 12.8 Å². The number of phenolic OH excluding ortho intramolecular Hbond substituents is 1. The Morgan fingerprint density at radius 2 is 2.14 bits per heavy atom. The molecule has 1 saturated carbocycles. The lowest BCUT2D eigenvalue weighted by Gasteiger charge is -2.11. The first-order chi connectivity index (χ1) is 6.52. The third-order valence-corrected chi connectivity index (χ3v) is 2.90. The van der Waals surface area contributed by atoms with Crippen molar-refractivity contribution in [3.05, 3.63) is 28.5 Å². The number of phenols is 1. The molecular weight excluding hydrogens is 205 g/mol. The molecule has 1 aliphatic rings. The van der Waals surface area contributed by atoms with Gasteiger partial charge in [0.2, 0.25) is 0 Å². The predicted octanol–water partition coefficient (Wildman–Crippen LogP) is 2.22. The van der Waals surface area contributed by atoms with Gasteiger partial charge in [-0.05, 0) is 31.4 Å². The first-order valence-electron chi connectivity index (χ1n) is 4.47. The largest absolute Gasteiger partial charge is 0.506 e. The number of aromatic hydroxyl groups is 1. The zero-order valence-electron chi connectivity index (χ0n) is 7.56. The van der Waals surface area contributed by atoms with E-state index in [2.05, 4.69) is 0 Å². The topological polar surface area (TPSA) is 46.2 Å². The van der Waals surface area contributed by atoms with Crippen LogP contribution >= 0.6 is 11.6 Å². The van der Waals surface area contributed by atoms with E-state index in [0.29, 0.717) is 6.42 Å². The number of benzene rings is 1. The van der Waals surface area contributed by atoms with Crippen LogP contribution in [0.5, 0.6) is 5.75 Å². The van der Waals surface area contributed by atoms with Crippen molar-refractivity contribution in [1.82, 2.24) is 0 Å². The molecule has 2 rings (SSSR count). The third-order valence-electron chi connectivity index (χ3n) is 2.60. The van der Waals surface area contributed by atoms with Gasteiger partial charge in [-0.3, -0.25) is 0 Å². The van der Waals surface area contributed by atoms with Crippen LogP contribution < -0.4 is 5.73 Å². The zero-order chi connectivity index (χ0) is 10.3. The van der Waals surface area contributed by atoms with Crippen molar-refractivity contribution >= 4 is 11.6 Å². The number of nitrogens with two attached hydrogens (primary N) is 1. The summed E-state index contributed by atoms with van der Waals surface area (Å²) in [4.78, 5) is 0. The van der Waals surface area contributed by atoms with Gasteiger partial charge in [0.25, 0.3) is 0 Å². The number of rotatable bonds is 2. The fourth-order valence-corrected chi connectivity index (χ4v) is 1.62. The lowest BCUT2D eigenvalue weighted by molar-refractivity contribution is 0.452. The highest BCUT2D eigenvalue weighted by atomic mass is 35.5. The Labute approximate surface area is 86.5 Å². The first kappa shape index (κ1) is 9.74. The molecule has 2 nitrogen and oxygen atoms in total. The summed E-state index contributed by atoms with van der Waals surface area (Å²) in [5.41, 5.74) is 5.75. The van der Waals surface area contributed by atoms with Crippen molar-refractivity contribution in [2.24, 2.45) is 5.73 Å². The number of halogens is 2. The van der Waals surface area contributed by atoms with Crippen molar-refractivity contribution < 1.29 is 9.50 Å². The third kappa shape index (κ3) is 1.70. The lowest BCUT2D eigenvalue weighted by Crippen LogP contribution is -2.25. The molecule has 0 radical (unpaired) electrons. The summed E-state index contributed by atoms with van der Waals surface area (Å²) in [6, 6.07) is 2.59. The van der Waals surface area contributed by atoms with E-state index in [9.17, 15) is 9.50 Å². The average Bonchev–Trinajstić information content (AvgIpc) is 2.86. The van der Waals surface area contributed by atoms with Gasteiger partial charge in [0.05, 0.1) is 5.02 Å². The maximum absolute atomic E-state index is 13.3. The molecule has 76 valence electrons. The molecule has 0 amide bonds. The van der Waals surface area contributed by atoms with Gasteiger partial charge in [0.15, 0.2) is 0 Å². The summed E-state index contributed by atoms with van der Waals surface area (Å²) in [6.45, 7) is 0. The normalized spacial score (nSPS) is 18.2. The minimum atomic E-state index is -0.441.